The van der Waals surface area contributed by atoms with Crippen LogP contribution in [0.4, 0.5) is 0 Å². The fourth-order valence-electron chi connectivity index (χ4n) is 1.86. The van der Waals surface area contributed by atoms with Crippen molar-refractivity contribution < 1.29 is 4.79 Å². The Bertz CT molecular complexity index is 371. The minimum atomic E-state index is -0.0106. The minimum Gasteiger partial charge on any atom is -0.346 e. The Kier molecular flexibility index (Phi) is 3.56. The highest BCUT2D eigenvalue weighted by Crippen LogP contribution is 2.19. The molecule has 0 saturated carbocycles. The van der Waals surface area contributed by atoms with E-state index in [0.29, 0.717) is 0 Å². The van der Waals surface area contributed by atoms with Crippen molar-refractivity contribution in [3.8, 4) is 0 Å². The maximum Gasteiger partial charge on any atom is 0.237 e. The van der Waals surface area contributed by atoms with Gasteiger partial charge in [-0.1, -0.05) is 0 Å². The highest BCUT2D eigenvalue weighted by atomic mass is 32.1. The van der Waals surface area contributed by atoms with E-state index in [1.807, 2.05) is 20.0 Å². The first-order valence-electron chi connectivity index (χ1n) is 5.63. The molecule has 1 aromatic rings. The summed E-state index contributed by atoms with van der Waals surface area (Å²) in [5.74, 6) is 0.0952. The lowest BCUT2D eigenvalue weighted by molar-refractivity contribution is -0.123. The first-order valence-corrected chi connectivity index (χ1v) is 6.44. The SMILES string of the molecule is Cc1cnc(C(C)NC(=O)[C@H]2CCCN2)s1. The monoisotopic (exact) mass is 239 g/mol. The molecule has 5 heteroatoms. The normalized spacial score (nSPS) is 22.0. The van der Waals surface area contributed by atoms with Gasteiger partial charge < -0.3 is 10.6 Å². The lowest BCUT2D eigenvalue weighted by Gasteiger charge is -2.15. The summed E-state index contributed by atoms with van der Waals surface area (Å²) in [6.45, 7) is 4.95. The number of carbonyl (C=O) groups is 1. The molecule has 88 valence electrons. The Morgan fingerprint density at radius 3 is 3.12 bits per heavy atom. The van der Waals surface area contributed by atoms with Crippen molar-refractivity contribution in [3.63, 3.8) is 0 Å². The molecular formula is C11H17N3OS. The van der Waals surface area contributed by atoms with Crippen molar-refractivity contribution in [1.29, 1.82) is 0 Å². The lowest BCUT2D eigenvalue weighted by atomic mass is 10.2. The van der Waals surface area contributed by atoms with E-state index in [9.17, 15) is 4.79 Å². The number of thiazole rings is 1. The van der Waals surface area contributed by atoms with Crippen molar-refractivity contribution in [2.75, 3.05) is 6.54 Å². The summed E-state index contributed by atoms with van der Waals surface area (Å²) in [4.78, 5) is 17.3. The van der Waals surface area contributed by atoms with E-state index < -0.39 is 0 Å². The standard InChI is InChI=1S/C11H17N3OS/c1-7-6-13-11(16-7)8(2)14-10(15)9-4-3-5-12-9/h6,8-9,12H,3-5H2,1-2H3,(H,14,15)/t8?,9-/m1/s1. The van der Waals surface area contributed by atoms with Crippen LogP contribution in [-0.2, 0) is 4.79 Å². The molecule has 16 heavy (non-hydrogen) atoms. The van der Waals surface area contributed by atoms with Gasteiger partial charge in [-0.2, -0.15) is 0 Å². The first kappa shape index (κ1) is 11.5. The van der Waals surface area contributed by atoms with Crippen molar-refractivity contribution in [2.24, 2.45) is 0 Å². The Morgan fingerprint density at radius 1 is 1.75 bits per heavy atom. The summed E-state index contributed by atoms with van der Waals surface area (Å²) in [6, 6.07) is -0.00268. The Labute approximate surface area is 99.5 Å². The van der Waals surface area contributed by atoms with Crippen molar-refractivity contribution in [2.45, 2.75) is 38.8 Å². The molecule has 0 bridgehead atoms. The highest BCUT2D eigenvalue weighted by Gasteiger charge is 2.23. The van der Waals surface area contributed by atoms with Crippen molar-refractivity contribution >= 4 is 17.2 Å². The molecule has 1 fully saturated rings. The smallest absolute Gasteiger partial charge is 0.237 e. The van der Waals surface area contributed by atoms with Crippen molar-refractivity contribution in [1.82, 2.24) is 15.6 Å². The number of rotatable bonds is 3. The molecule has 2 rings (SSSR count). The van der Waals surface area contributed by atoms with Gasteiger partial charge in [-0.3, -0.25) is 4.79 Å². The fourth-order valence-corrected chi connectivity index (χ4v) is 2.63. The quantitative estimate of drug-likeness (QED) is 0.838. The predicted molar refractivity (Wildman–Crippen MR) is 64.4 cm³/mol. The fraction of sp³-hybridized carbons (Fsp3) is 0.636. The zero-order chi connectivity index (χ0) is 11.5. The van der Waals surface area contributed by atoms with Gasteiger partial charge in [0.05, 0.1) is 12.1 Å². The van der Waals surface area contributed by atoms with E-state index in [2.05, 4.69) is 15.6 Å². The molecule has 0 aromatic carbocycles. The number of nitrogens with zero attached hydrogens (tertiary/aromatic N) is 1. The first-order chi connectivity index (χ1) is 7.66. The van der Waals surface area contributed by atoms with Gasteiger partial charge in [-0.15, -0.1) is 11.3 Å². The second-order valence-corrected chi connectivity index (χ2v) is 5.45. The minimum absolute atomic E-state index is 0.00796. The van der Waals surface area contributed by atoms with E-state index in [4.69, 9.17) is 0 Å². The van der Waals surface area contributed by atoms with Crippen LogP contribution < -0.4 is 10.6 Å². The van der Waals surface area contributed by atoms with Gasteiger partial charge in [-0.25, -0.2) is 4.98 Å². The third-order valence-corrected chi connectivity index (χ3v) is 3.84. The van der Waals surface area contributed by atoms with E-state index in [0.717, 1.165) is 24.4 Å². The van der Waals surface area contributed by atoms with Crippen LogP contribution in [0.2, 0.25) is 0 Å². The Hall–Kier alpha value is -0.940. The zero-order valence-electron chi connectivity index (χ0n) is 9.62. The molecule has 1 saturated heterocycles. The molecule has 1 aromatic heterocycles. The molecule has 2 N–H and O–H groups in total. The van der Waals surface area contributed by atoms with Crippen LogP contribution in [0.3, 0.4) is 0 Å². The van der Waals surface area contributed by atoms with E-state index in [1.165, 1.54) is 4.88 Å². The molecule has 0 spiro atoms. The van der Waals surface area contributed by atoms with Crippen LogP contribution in [0.25, 0.3) is 0 Å². The van der Waals surface area contributed by atoms with Gasteiger partial charge in [0.25, 0.3) is 0 Å². The van der Waals surface area contributed by atoms with Gasteiger partial charge >= 0.3 is 0 Å². The largest absolute Gasteiger partial charge is 0.346 e. The van der Waals surface area contributed by atoms with Gasteiger partial charge in [0.2, 0.25) is 5.91 Å². The summed E-state index contributed by atoms with van der Waals surface area (Å²) in [5, 5.41) is 7.16. The number of carbonyl (C=O) groups excluding carboxylic acids is 1. The number of hydrogen-bond acceptors (Lipinski definition) is 4. The number of aryl methyl sites for hydroxylation is 1. The van der Waals surface area contributed by atoms with Crippen molar-refractivity contribution in [3.05, 3.63) is 16.1 Å². The zero-order valence-corrected chi connectivity index (χ0v) is 10.4. The second kappa shape index (κ2) is 4.93. The number of aromatic nitrogens is 1. The summed E-state index contributed by atoms with van der Waals surface area (Å²) in [5.41, 5.74) is 0. The molecule has 1 aliphatic heterocycles. The van der Waals surface area contributed by atoms with Crippen LogP contribution >= 0.6 is 11.3 Å². The third-order valence-electron chi connectivity index (χ3n) is 2.75. The number of nitrogens with one attached hydrogen (secondary N) is 2. The van der Waals surface area contributed by atoms with Gasteiger partial charge in [-0.05, 0) is 33.2 Å². The topological polar surface area (TPSA) is 54.0 Å². The van der Waals surface area contributed by atoms with Crippen LogP contribution in [-0.4, -0.2) is 23.5 Å². The molecule has 1 aliphatic rings. The molecule has 1 amide bonds. The van der Waals surface area contributed by atoms with Crippen LogP contribution in [0.1, 0.15) is 35.7 Å². The molecule has 4 nitrogen and oxygen atoms in total. The highest BCUT2D eigenvalue weighted by molar-refractivity contribution is 7.11. The van der Waals surface area contributed by atoms with Gasteiger partial charge in [0.1, 0.15) is 5.01 Å². The molecule has 2 atom stereocenters. The van der Waals surface area contributed by atoms with E-state index >= 15 is 0 Å². The molecular weight excluding hydrogens is 222 g/mol. The van der Waals surface area contributed by atoms with Crippen LogP contribution in [0.5, 0.6) is 0 Å². The second-order valence-electron chi connectivity index (χ2n) is 4.19. The van der Waals surface area contributed by atoms with Gasteiger partial charge in [0.15, 0.2) is 0 Å². The Morgan fingerprint density at radius 2 is 2.56 bits per heavy atom. The summed E-state index contributed by atoms with van der Waals surface area (Å²) in [6.07, 6.45) is 3.87. The molecule has 0 radical (unpaired) electrons. The van der Waals surface area contributed by atoms with E-state index in [-0.39, 0.29) is 18.0 Å². The molecule has 1 unspecified atom stereocenters. The maximum absolute atomic E-state index is 11.8. The van der Waals surface area contributed by atoms with Crippen LogP contribution in [0.15, 0.2) is 6.20 Å². The van der Waals surface area contributed by atoms with E-state index in [1.54, 1.807) is 11.3 Å². The summed E-state index contributed by atoms with van der Waals surface area (Å²) < 4.78 is 0. The summed E-state index contributed by atoms with van der Waals surface area (Å²) >= 11 is 1.63. The lowest BCUT2D eigenvalue weighted by Crippen LogP contribution is -2.41. The number of hydrogen-bond donors (Lipinski definition) is 2. The average molecular weight is 239 g/mol. The number of amides is 1. The maximum atomic E-state index is 11.8. The summed E-state index contributed by atoms with van der Waals surface area (Å²) in [7, 11) is 0. The Balaban J connectivity index is 1.91. The average Bonchev–Trinajstić information content (AvgIpc) is 2.87. The van der Waals surface area contributed by atoms with Crippen LogP contribution in [0, 0.1) is 6.92 Å². The molecule has 0 aliphatic carbocycles. The predicted octanol–water partition coefficient (Wildman–Crippen LogP) is 1.38. The third kappa shape index (κ3) is 2.59. The molecule has 2 heterocycles. The van der Waals surface area contributed by atoms with Gasteiger partial charge in [0, 0.05) is 11.1 Å².